The van der Waals surface area contributed by atoms with Crippen LogP contribution in [0.2, 0.25) is 0 Å². The molecule has 1 N–H and O–H groups in total. The zero-order chi connectivity index (χ0) is 22.2. The molecule has 2 aliphatic rings. The molecule has 0 saturated carbocycles. The minimum absolute atomic E-state index is 0.0659. The predicted molar refractivity (Wildman–Crippen MR) is 118 cm³/mol. The highest BCUT2D eigenvalue weighted by molar-refractivity contribution is 6.00. The van der Waals surface area contributed by atoms with Crippen LogP contribution < -0.4 is 10.1 Å². The average molecular weight is 421 g/mol. The first-order chi connectivity index (χ1) is 14.7. The molecule has 2 aliphatic heterocycles. The number of fused-ring (bicyclic) bond motifs is 1. The molecule has 2 heterocycles. The molecular formula is C25H28N2O4. The van der Waals surface area contributed by atoms with Crippen LogP contribution in [0.5, 0.6) is 5.75 Å². The molecule has 0 aliphatic carbocycles. The van der Waals surface area contributed by atoms with Gasteiger partial charge in [-0.15, -0.1) is 0 Å². The number of rotatable bonds is 3. The van der Waals surface area contributed by atoms with Gasteiger partial charge in [-0.1, -0.05) is 12.1 Å². The quantitative estimate of drug-likeness (QED) is 0.819. The third-order valence-corrected chi connectivity index (χ3v) is 6.36. The van der Waals surface area contributed by atoms with Gasteiger partial charge in [-0.3, -0.25) is 14.4 Å². The van der Waals surface area contributed by atoms with E-state index in [1.165, 1.54) is 6.92 Å². The van der Waals surface area contributed by atoms with E-state index >= 15 is 0 Å². The molecule has 0 radical (unpaired) electrons. The van der Waals surface area contributed by atoms with Gasteiger partial charge in [0.1, 0.15) is 11.4 Å². The molecule has 2 aromatic carbocycles. The van der Waals surface area contributed by atoms with Crippen molar-refractivity contribution in [3.63, 3.8) is 0 Å². The van der Waals surface area contributed by atoms with Crippen LogP contribution in [0, 0.1) is 13.8 Å². The van der Waals surface area contributed by atoms with Crippen molar-refractivity contribution in [1.82, 2.24) is 4.90 Å². The first kappa shape index (κ1) is 21.1. The Morgan fingerprint density at radius 2 is 1.71 bits per heavy atom. The average Bonchev–Trinajstić information content (AvgIpc) is 2.71. The lowest BCUT2D eigenvalue weighted by molar-refractivity contribution is -0.134. The Morgan fingerprint density at radius 1 is 1.06 bits per heavy atom. The number of ether oxygens (including phenoxy) is 1. The van der Waals surface area contributed by atoms with Crippen LogP contribution in [-0.4, -0.2) is 41.2 Å². The van der Waals surface area contributed by atoms with Gasteiger partial charge in [0.05, 0.1) is 18.4 Å². The number of carbonyl (C=O) groups excluding carboxylic acids is 3. The number of anilines is 1. The molecule has 0 bridgehead atoms. The van der Waals surface area contributed by atoms with Gasteiger partial charge in [0.2, 0.25) is 11.8 Å². The maximum Gasteiger partial charge on any atom is 0.226 e. The van der Waals surface area contributed by atoms with Gasteiger partial charge in [-0.25, -0.2) is 0 Å². The molecule has 162 valence electrons. The van der Waals surface area contributed by atoms with Crippen LogP contribution in [-0.2, 0) is 16.0 Å². The topological polar surface area (TPSA) is 75.7 Å². The Labute approximate surface area is 182 Å². The van der Waals surface area contributed by atoms with Gasteiger partial charge < -0.3 is 15.0 Å². The number of nitrogens with zero attached hydrogens (tertiary/aromatic N) is 1. The minimum atomic E-state index is -0.511. The van der Waals surface area contributed by atoms with Gasteiger partial charge in [-0.05, 0) is 54.8 Å². The van der Waals surface area contributed by atoms with E-state index in [0.29, 0.717) is 55.8 Å². The molecule has 0 unspecified atom stereocenters. The highest BCUT2D eigenvalue weighted by Gasteiger charge is 2.43. The lowest BCUT2D eigenvalue weighted by Gasteiger charge is -2.44. The fraction of sp³-hybridized carbons (Fsp3) is 0.400. The number of carbonyl (C=O) groups is 3. The van der Waals surface area contributed by atoms with E-state index in [1.807, 2.05) is 43.0 Å². The first-order valence-electron chi connectivity index (χ1n) is 10.7. The van der Waals surface area contributed by atoms with E-state index in [-0.39, 0.29) is 17.6 Å². The summed E-state index contributed by atoms with van der Waals surface area (Å²) in [5.41, 5.74) is 3.99. The van der Waals surface area contributed by atoms with Crippen LogP contribution in [0.3, 0.4) is 0 Å². The molecule has 2 amide bonds. The van der Waals surface area contributed by atoms with E-state index in [2.05, 4.69) is 5.32 Å². The number of benzene rings is 2. The fourth-order valence-corrected chi connectivity index (χ4v) is 4.39. The van der Waals surface area contributed by atoms with Gasteiger partial charge in [0.15, 0.2) is 5.78 Å². The maximum atomic E-state index is 12.8. The Morgan fingerprint density at radius 3 is 2.35 bits per heavy atom. The van der Waals surface area contributed by atoms with Gasteiger partial charge >= 0.3 is 0 Å². The lowest BCUT2D eigenvalue weighted by Crippen LogP contribution is -2.52. The summed E-state index contributed by atoms with van der Waals surface area (Å²) in [6.07, 6.45) is 1.99. The highest BCUT2D eigenvalue weighted by Crippen LogP contribution is 2.40. The monoisotopic (exact) mass is 420 g/mol. The van der Waals surface area contributed by atoms with Crippen molar-refractivity contribution in [3.05, 3.63) is 58.7 Å². The Bertz CT molecular complexity index is 1030. The number of hydrogen-bond acceptors (Lipinski definition) is 4. The number of amides is 2. The SMILES string of the molecule is CC(=O)Nc1ccc(CC(=O)N2CCC3(CC2)CC(=O)c2cc(C)c(C)cc2O3)cc1. The van der Waals surface area contributed by atoms with Crippen molar-refractivity contribution in [3.8, 4) is 5.75 Å². The van der Waals surface area contributed by atoms with Crippen molar-refractivity contribution >= 4 is 23.3 Å². The third-order valence-electron chi connectivity index (χ3n) is 6.36. The second-order valence-corrected chi connectivity index (χ2v) is 8.75. The zero-order valence-corrected chi connectivity index (χ0v) is 18.3. The first-order valence-corrected chi connectivity index (χ1v) is 10.7. The van der Waals surface area contributed by atoms with Crippen molar-refractivity contribution in [2.45, 2.75) is 52.1 Å². The second-order valence-electron chi connectivity index (χ2n) is 8.75. The van der Waals surface area contributed by atoms with E-state index < -0.39 is 5.60 Å². The summed E-state index contributed by atoms with van der Waals surface area (Å²) >= 11 is 0. The van der Waals surface area contributed by atoms with Crippen LogP contribution >= 0.6 is 0 Å². The molecule has 6 heteroatoms. The smallest absolute Gasteiger partial charge is 0.226 e. The number of aryl methyl sites for hydroxylation is 2. The molecule has 4 rings (SSSR count). The molecule has 1 fully saturated rings. The van der Waals surface area contributed by atoms with Gasteiger partial charge in [0, 0.05) is 38.5 Å². The summed E-state index contributed by atoms with van der Waals surface area (Å²) in [5.74, 6) is 0.750. The lowest BCUT2D eigenvalue weighted by atomic mass is 9.82. The maximum absolute atomic E-state index is 12.8. The molecule has 31 heavy (non-hydrogen) atoms. The Balaban J connectivity index is 1.38. The summed E-state index contributed by atoms with van der Waals surface area (Å²) in [6.45, 7) is 6.65. The normalized spacial score (nSPS) is 17.1. The van der Waals surface area contributed by atoms with E-state index in [4.69, 9.17) is 4.74 Å². The zero-order valence-electron chi connectivity index (χ0n) is 18.3. The molecule has 1 saturated heterocycles. The summed E-state index contributed by atoms with van der Waals surface area (Å²) in [4.78, 5) is 38.6. The van der Waals surface area contributed by atoms with Crippen LogP contribution in [0.15, 0.2) is 36.4 Å². The van der Waals surface area contributed by atoms with E-state index in [9.17, 15) is 14.4 Å². The molecule has 0 aromatic heterocycles. The van der Waals surface area contributed by atoms with Crippen molar-refractivity contribution in [2.24, 2.45) is 0 Å². The summed E-state index contributed by atoms with van der Waals surface area (Å²) in [6, 6.07) is 11.2. The second kappa shape index (κ2) is 8.17. The number of hydrogen-bond donors (Lipinski definition) is 1. The molecule has 0 atom stereocenters. The number of piperidine rings is 1. The summed E-state index contributed by atoms with van der Waals surface area (Å²) in [7, 11) is 0. The van der Waals surface area contributed by atoms with Crippen molar-refractivity contribution in [1.29, 1.82) is 0 Å². The van der Waals surface area contributed by atoms with Crippen LogP contribution in [0.4, 0.5) is 5.69 Å². The van der Waals surface area contributed by atoms with Crippen LogP contribution in [0.25, 0.3) is 0 Å². The molecular weight excluding hydrogens is 392 g/mol. The standard InChI is InChI=1S/C25H28N2O4/c1-16-12-21-22(29)15-25(31-23(21)13-17(16)2)8-10-27(11-9-25)24(30)14-19-4-6-20(7-5-19)26-18(3)28/h4-7,12-13H,8-11,14-15H2,1-3H3,(H,26,28). The number of likely N-dealkylation sites (tertiary alicyclic amines) is 1. The Hall–Kier alpha value is -3.15. The molecule has 1 spiro atoms. The number of ketones is 1. The summed E-state index contributed by atoms with van der Waals surface area (Å²) < 4.78 is 6.36. The number of nitrogens with one attached hydrogen (secondary N) is 1. The van der Waals surface area contributed by atoms with Gasteiger partial charge in [0.25, 0.3) is 0 Å². The van der Waals surface area contributed by atoms with Crippen molar-refractivity contribution < 1.29 is 19.1 Å². The van der Waals surface area contributed by atoms with E-state index in [1.54, 1.807) is 12.1 Å². The van der Waals surface area contributed by atoms with Gasteiger partial charge in [-0.2, -0.15) is 0 Å². The molecule has 6 nitrogen and oxygen atoms in total. The summed E-state index contributed by atoms with van der Waals surface area (Å²) in [5, 5.41) is 2.72. The van der Waals surface area contributed by atoms with E-state index in [0.717, 1.165) is 16.7 Å². The highest BCUT2D eigenvalue weighted by atomic mass is 16.5. The predicted octanol–water partition coefficient (Wildman–Crippen LogP) is 3.83. The fourth-order valence-electron chi connectivity index (χ4n) is 4.39. The van der Waals surface area contributed by atoms with Crippen molar-refractivity contribution in [2.75, 3.05) is 18.4 Å². The minimum Gasteiger partial charge on any atom is -0.486 e. The number of Topliss-reactive ketones (excluding diaryl/α,β-unsaturated/α-hetero) is 1. The Kier molecular flexibility index (Phi) is 5.56. The van der Waals surface area contributed by atoms with Crippen LogP contribution in [0.1, 0.15) is 53.2 Å². The largest absolute Gasteiger partial charge is 0.486 e. The molecule has 2 aromatic rings. The third kappa shape index (κ3) is 4.48.